The molecule has 3 aliphatic rings. The van der Waals surface area contributed by atoms with E-state index in [1.807, 2.05) is 0 Å². The summed E-state index contributed by atoms with van der Waals surface area (Å²) in [5.74, 6) is 2.48. The molecule has 6 nitrogen and oxygen atoms in total. The van der Waals surface area contributed by atoms with Gasteiger partial charge >= 0.3 is 0 Å². The van der Waals surface area contributed by atoms with Crippen LogP contribution >= 0.6 is 0 Å². The van der Waals surface area contributed by atoms with E-state index in [9.17, 15) is 9.59 Å². The molecule has 1 N–H and O–H groups in total. The van der Waals surface area contributed by atoms with E-state index in [-0.39, 0.29) is 11.7 Å². The summed E-state index contributed by atoms with van der Waals surface area (Å²) < 4.78 is 5.31. The molecule has 1 saturated heterocycles. The quantitative estimate of drug-likeness (QED) is 0.395. The second kappa shape index (κ2) is 8.50. The highest BCUT2D eigenvalue weighted by molar-refractivity contribution is 5.90. The molecule has 6 heteroatoms. The lowest BCUT2D eigenvalue weighted by Gasteiger charge is -2.37. The Bertz CT molecular complexity index is 671. The molecule has 1 spiro atoms. The number of likely N-dealkylation sites (tertiary alicyclic amines) is 1. The van der Waals surface area contributed by atoms with E-state index in [1.54, 1.807) is 6.92 Å². The third-order valence-electron chi connectivity index (χ3n) is 6.73. The Kier molecular flexibility index (Phi) is 6.26. The summed E-state index contributed by atoms with van der Waals surface area (Å²) in [6.07, 6.45) is 7.81. The van der Waals surface area contributed by atoms with Gasteiger partial charge in [0, 0.05) is 26.1 Å². The van der Waals surface area contributed by atoms with E-state index in [0.717, 1.165) is 44.7 Å². The van der Waals surface area contributed by atoms with Crippen LogP contribution in [-0.4, -0.2) is 43.1 Å². The zero-order chi connectivity index (χ0) is 20.3. The number of carbonyl (C=O) groups is 2. The van der Waals surface area contributed by atoms with Crippen LogP contribution in [0.2, 0.25) is 0 Å². The van der Waals surface area contributed by atoms with Gasteiger partial charge in [-0.3, -0.25) is 14.6 Å². The fourth-order valence-corrected chi connectivity index (χ4v) is 4.86. The summed E-state index contributed by atoms with van der Waals surface area (Å²) in [6.45, 7) is 13.3. The number of allylic oxidation sites excluding steroid dienone is 1. The first-order chi connectivity index (χ1) is 13.3. The summed E-state index contributed by atoms with van der Waals surface area (Å²) >= 11 is 0. The maximum atomic E-state index is 12.5. The van der Waals surface area contributed by atoms with Gasteiger partial charge in [0.2, 0.25) is 5.91 Å². The molecule has 1 aliphatic heterocycles. The van der Waals surface area contributed by atoms with Crippen molar-refractivity contribution in [1.29, 1.82) is 0 Å². The number of carbonyl (C=O) groups excluding carboxylic acids is 2. The van der Waals surface area contributed by atoms with Gasteiger partial charge in [-0.2, -0.15) is 0 Å². The molecule has 2 aliphatic carbocycles. The van der Waals surface area contributed by atoms with Crippen LogP contribution < -0.4 is 5.32 Å². The number of ether oxygens (including phenoxy) is 1. The van der Waals surface area contributed by atoms with Crippen molar-refractivity contribution >= 4 is 18.5 Å². The highest BCUT2D eigenvalue weighted by atomic mass is 16.5. The minimum atomic E-state index is -0.291. The van der Waals surface area contributed by atoms with Gasteiger partial charge in [0.25, 0.3) is 5.91 Å². The van der Waals surface area contributed by atoms with Gasteiger partial charge < -0.3 is 15.0 Å². The highest BCUT2D eigenvalue weighted by Crippen LogP contribution is 2.59. The average Bonchev–Trinajstić information content (AvgIpc) is 3.30. The molecule has 0 aromatic rings. The van der Waals surface area contributed by atoms with Crippen molar-refractivity contribution in [2.45, 2.75) is 52.4 Å². The molecule has 0 aromatic carbocycles. The monoisotopic (exact) mass is 387 g/mol. The molecule has 3 fully saturated rings. The summed E-state index contributed by atoms with van der Waals surface area (Å²) in [4.78, 5) is 30.3. The lowest BCUT2D eigenvalue weighted by atomic mass is 9.74. The van der Waals surface area contributed by atoms with Crippen molar-refractivity contribution in [1.82, 2.24) is 10.2 Å². The largest absolute Gasteiger partial charge is 0.455 e. The van der Waals surface area contributed by atoms with Gasteiger partial charge in [0.05, 0.1) is 6.20 Å². The minimum Gasteiger partial charge on any atom is -0.455 e. The predicted molar refractivity (Wildman–Crippen MR) is 109 cm³/mol. The zero-order valence-electron chi connectivity index (χ0n) is 17.2. The molecule has 28 heavy (non-hydrogen) atoms. The standard InChI is InChI=1S/C22H33N3O3/c1-15-9-18(10-15)11-20(26)25-7-5-22(6-8-25)12-19(22)14-24-21(27)17(3)28-16(2)13-23-4/h13,15,18-19H,3-12,14H2,1-2H3,(H,24,27)/b16-13+. The summed E-state index contributed by atoms with van der Waals surface area (Å²) in [6, 6.07) is 0. The third kappa shape index (κ3) is 4.83. The molecular weight excluding hydrogens is 354 g/mol. The van der Waals surface area contributed by atoms with Gasteiger partial charge in [-0.25, -0.2) is 0 Å². The van der Waals surface area contributed by atoms with E-state index >= 15 is 0 Å². The average molecular weight is 388 g/mol. The Labute approximate surface area is 168 Å². The minimum absolute atomic E-state index is 0.0674. The van der Waals surface area contributed by atoms with Crippen LogP contribution in [0.25, 0.3) is 0 Å². The Hall–Kier alpha value is -2.11. The summed E-state index contributed by atoms with van der Waals surface area (Å²) in [7, 11) is 0. The van der Waals surface area contributed by atoms with E-state index in [0.29, 0.717) is 35.5 Å². The van der Waals surface area contributed by atoms with Gasteiger partial charge in [-0.1, -0.05) is 13.5 Å². The van der Waals surface area contributed by atoms with E-state index in [1.165, 1.54) is 19.0 Å². The molecule has 1 heterocycles. The van der Waals surface area contributed by atoms with E-state index < -0.39 is 0 Å². The fraction of sp³-hybridized carbons (Fsp3) is 0.682. The van der Waals surface area contributed by atoms with Crippen LogP contribution in [0.15, 0.2) is 29.3 Å². The number of hydrogen-bond acceptors (Lipinski definition) is 4. The number of nitrogens with zero attached hydrogens (tertiary/aromatic N) is 2. The fourth-order valence-electron chi connectivity index (χ4n) is 4.86. The first-order valence-corrected chi connectivity index (χ1v) is 10.4. The molecule has 1 atom stereocenters. The summed E-state index contributed by atoms with van der Waals surface area (Å²) in [5, 5.41) is 2.93. The SMILES string of the molecule is C=N/C=C(\C)OC(=C)C(=O)NCC1CC12CCN(C(=O)CC1CC(C)C1)CC2. The smallest absolute Gasteiger partial charge is 0.286 e. The summed E-state index contributed by atoms with van der Waals surface area (Å²) in [5.41, 5.74) is 0.305. The Morgan fingerprint density at radius 3 is 2.61 bits per heavy atom. The van der Waals surface area contributed by atoms with Gasteiger partial charge in [-0.05, 0) is 68.9 Å². The molecule has 0 bridgehead atoms. The van der Waals surface area contributed by atoms with Crippen LogP contribution in [-0.2, 0) is 14.3 Å². The maximum absolute atomic E-state index is 12.5. The normalized spacial score (nSPS) is 28.3. The van der Waals surface area contributed by atoms with E-state index in [4.69, 9.17) is 4.74 Å². The van der Waals surface area contributed by atoms with Crippen molar-refractivity contribution in [3.8, 4) is 0 Å². The first kappa shape index (κ1) is 20.6. The second-order valence-electron chi connectivity index (χ2n) is 8.95. The van der Waals surface area contributed by atoms with Crippen LogP contribution in [0.3, 0.4) is 0 Å². The van der Waals surface area contributed by atoms with Gasteiger partial charge in [-0.15, -0.1) is 0 Å². The van der Waals surface area contributed by atoms with Crippen molar-refractivity contribution in [2.75, 3.05) is 19.6 Å². The molecule has 0 aromatic heterocycles. The molecule has 1 unspecified atom stereocenters. The zero-order valence-corrected chi connectivity index (χ0v) is 17.2. The number of aliphatic imine (C=N–C) groups is 1. The Morgan fingerprint density at radius 1 is 1.32 bits per heavy atom. The predicted octanol–water partition coefficient (Wildman–Crippen LogP) is 3.26. The van der Waals surface area contributed by atoms with Gasteiger partial charge in [0.1, 0.15) is 5.76 Å². The van der Waals surface area contributed by atoms with Gasteiger partial charge in [0.15, 0.2) is 5.76 Å². The Balaban J connectivity index is 1.36. The van der Waals surface area contributed by atoms with Crippen LogP contribution in [0.4, 0.5) is 0 Å². The second-order valence-corrected chi connectivity index (χ2v) is 8.95. The lowest BCUT2D eigenvalue weighted by Crippen LogP contribution is -2.41. The topological polar surface area (TPSA) is 71.0 Å². The molecular formula is C22H33N3O3. The third-order valence-corrected chi connectivity index (χ3v) is 6.73. The number of piperidine rings is 1. The molecule has 3 rings (SSSR count). The maximum Gasteiger partial charge on any atom is 0.286 e. The van der Waals surface area contributed by atoms with Crippen LogP contribution in [0.1, 0.15) is 52.4 Å². The van der Waals surface area contributed by atoms with E-state index in [2.05, 4.69) is 35.4 Å². The van der Waals surface area contributed by atoms with Crippen LogP contribution in [0.5, 0.6) is 0 Å². The Morgan fingerprint density at radius 2 is 2.00 bits per heavy atom. The van der Waals surface area contributed by atoms with Crippen molar-refractivity contribution < 1.29 is 14.3 Å². The van der Waals surface area contributed by atoms with Crippen molar-refractivity contribution in [2.24, 2.45) is 28.2 Å². The lowest BCUT2D eigenvalue weighted by molar-refractivity contribution is -0.134. The first-order valence-electron chi connectivity index (χ1n) is 10.4. The van der Waals surface area contributed by atoms with Crippen molar-refractivity contribution in [3.63, 3.8) is 0 Å². The van der Waals surface area contributed by atoms with Crippen LogP contribution in [0, 0.1) is 23.2 Å². The van der Waals surface area contributed by atoms with Crippen molar-refractivity contribution in [3.05, 3.63) is 24.3 Å². The highest BCUT2D eigenvalue weighted by Gasteiger charge is 2.54. The molecule has 2 amide bonds. The number of hydrogen-bond donors (Lipinski definition) is 1. The number of rotatable bonds is 8. The number of nitrogens with one attached hydrogen (secondary N) is 1. The number of amides is 2. The molecule has 2 saturated carbocycles. The molecule has 0 radical (unpaired) electrons. The molecule has 154 valence electrons.